The van der Waals surface area contributed by atoms with Crippen molar-refractivity contribution in [2.45, 2.75) is 0 Å². The normalized spacial score (nSPS) is 6.92. The predicted octanol–water partition coefficient (Wildman–Crippen LogP) is 3.27. The molecule has 83 valence electrons. The minimum absolute atomic E-state index is 0. The Kier molecular flexibility index (Phi) is 70.9. The van der Waals surface area contributed by atoms with E-state index in [1.165, 1.54) is 0 Å². The summed E-state index contributed by atoms with van der Waals surface area (Å²) in [6.45, 7) is 1.42. The first-order valence-electron chi connectivity index (χ1n) is 3.62. The summed E-state index contributed by atoms with van der Waals surface area (Å²) in [5.41, 5.74) is 37.6. The smallest absolute Gasteiger partial charge is 0.679 e. The van der Waals surface area contributed by atoms with Crippen LogP contribution in [0.1, 0.15) is 0 Å². The third kappa shape index (κ3) is 121. The molecular weight excluding hydrogens is 212 g/mol. The van der Waals surface area contributed by atoms with Gasteiger partial charge in [-0.2, -0.15) is 39.3 Å². The van der Waals surface area contributed by atoms with Gasteiger partial charge in [0, 0.05) is 0 Å². The van der Waals surface area contributed by atoms with E-state index in [0.29, 0.717) is 0 Å². The van der Waals surface area contributed by atoms with Crippen molar-refractivity contribution in [1.29, 1.82) is 0 Å². The van der Waals surface area contributed by atoms with Gasteiger partial charge in [0.25, 0.3) is 0 Å². The molecule has 0 saturated heterocycles. The predicted molar refractivity (Wildman–Crippen MR) is 55.1 cm³/mol. The molecule has 0 aliphatic rings. The minimum atomic E-state index is 0. The fourth-order valence-electron chi connectivity index (χ4n) is 0. The molecule has 6 N–H and O–H groups in total. The first-order chi connectivity index (χ1) is 5.74. The van der Waals surface area contributed by atoms with Crippen LogP contribution in [0.3, 0.4) is 0 Å². The Balaban J connectivity index is -0.0000000450. The Bertz CT molecular complexity index is 32.6. The molecule has 1 radical (unpaired) electrons. The molecule has 0 amide bonds. The van der Waals surface area contributed by atoms with Crippen LogP contribution < -0.4 is 0 Å². The third-order valence-electron chi connectivity index (χ3n) is 0.375. The van der Waals surface area contributed by atoms with Gasteiger partial charge in [-0.3, -0.25) is 0 Å². The molecule has 0 rings (SSSR count). The maximum absolute atomic E-state index is 6.26. The van der Waals surface area contributed by atoms with Crippen molar-refractivity contribution in [2.24, 2.45) is 0 Å². The van der Waals surface area contributed by atoms with E-state index in [9.17, 15) is 0 Å². The van der Waals surface area contributed by atoms with E-state index in [0.717, 1.165) is 0 Å². The second-order valence-electron chi connectivity index (χ2n) is 1.50. The first kappa shape index (κ1) is 23.3. The second-order valence-corrected chi connectivity index (χ2v) is 1.50. The van der Waals surface area contributed by atoms with E-state index >= 15 is 0 Å². The Morgan fingerprint density at radius 2 is 0.462 bits per heavy atom. The molecule has 0 heterocycles. The van der Waals surface area contributed by atoms with Crippen LogP contribution >= 0.6 is 0 Å². The van der Waals surface area contributed by atoms with Gasteiger partial charge in [0.15, 0.2) is 0 Å². The molecule has 0 unspecified atom stereocenters. The molecule has 0 aromatic heterocycles. The zero-order chi connectivity index (χ0) is 10.2. The number of hydrogen-bond donors (Lipinski definition) is 0. The standard InChI is InChI=1S/3C2H6N2.Fe/c3*3-1-2-4;/h3*3-4H,1-2H2;/q3*-2;+3. The van der Waals surface area contributed by atoms with Gasteiger partial charge in [0.05, 0.1) is 0 Å². The third-order valence-corrected chi connectivity index (χ3v) is 0.375. The van der Waals surface area contributed by atoms with Crippen molar-refractivity contribution in [2.75, 3.05) is 39.3 Å². The Hall–Kier alpha value is 0.279. The largest absolute Gasteiger partial charge is 3.00 e. The van der Waals surface area contributed by atoms with Gasteiger partial charge >= 0.3 is 17.1 Å². The maximum Gasteiger partial charge on any atom is 3.00 e. The van der Waals surface area contributed by atoms with Gasteiger partial charge in [0.2, 0.25) is 0 Å². The maximum atomic E-state index is 6.26. The molecule has 0 spiro atoms. The average molecular weight is 230 g/mol. The van der Waals surface area contributed by atoms with Gasteiger partial charge in [-0.25, -0.2) is 0 Å². The van der Waals surface area contributed by atoms with Crippen molar-refractivity contribution in [3.63, 3.8) is 0 Å². The molecule has 0 aliphatic carbocycles. The van der Waals surface area contributed by atoms with Crippen LogP contribution in [0.15, 0.2) is 0 Å². The summed E-state index contributed by atoms with van der Waals surface area (Å²) < 4.78 is 0. The number of hydrogen-bond acceptors (Lipinski definition) is 0. The van der Waals surface area contributed by atoms with Crippen molar-refractivity contribution in [3.05, 3.63) is 34.4 Å². The second kappa shape index (κ2) is 39.6. The zero-order valence-corrected chi connectivity index (χ0v) is 8.70. The van der Waals surface area contributed by atoms with Crippen LogP contribution in [-0.2, 0) is 17.1 Å². The van der Waals surface area contributed by atoms with Crippen molar-refractivity contribution in [1.82, 2.24) is 0 Å². The fourth-order valence-corrected chi connectivity index (χ4v) is 0. The van der Waals surface area contributed by atoms with E-state index in [1.54, 1.807) is 0 Å². The Morgan fingerprint density at radius 1 is 0.385 bits per heavy atom. The van der Waals surface area contributed by atoms with E-state index in [4.69, 9.17) is 34.4 Å². The van der Waals surface area contributed by atoms with Crippen LogP contribution in [0.4, 0.5) is 0 Å². The molecular formula is C6H18FeN6-3. The molecule has 0 saturated carbocycles. The van der Waals surface area contributed by atoms with E-state index in [-0.39, 0.29) is 56.3 Å². The number of rotatable bonds is 3. The molecule has 0 aromatic rings. The summed E-state index contributed by atoms with van der Waals surface area (Å²) in [5.74, 6) is 0. The summed E-state index contributed by atoms with van der Waals surface area (Å²) in [6, 6.07) is 0. The van der Waals surface area contributed by atoms with Crippen molar-refractivity contribution < 1.29 is 17.1 Å². The SMILES string of the molecule is [Fe+3].[NH-]CC[NH-].[NH-]CC[NH-].[NH-]CC[NH-]. The molecule has 0 aromatic carbocycles. The van der Waals surface area contributed by atoms with Crippen molar-refractivity contribution in [3.8, 4) is 0 Å². The van der Waals surface area contributed by atoms with Crippen molar-refractivity contribution >= 4 is 0 Å². The minimum Gasteiger partial charge on any atom is -0.679 e. The Morgan fingerprint density at radius 3 is 0.462 bits per heavy atom. The average Bonchev–Trinajstić information content (AvgIpc) is 2.18. The molecule has 13 heavy (non-hydrogen) atoms. The monoisotopic (exact) mass is 230 g/mol. The molecule has 6 nitrogen and oxygen atoms in total. The van der Waals surface area contributed by atoms with Crippen LogP contribution in [-0.4, -0.2) is 39.3 Å². The van der Waals surface area contributed by atoms with Gasteiger partial charge < -0.3 is 34.4 Å². The molecule has 0 aliphatic heterocycles. The topological polar surface area (TPSA) is 143 Å². The summed E-state index contributed by atoms with van der Waals surface area (Å²) in [5, 5.41) is 0. The Labute approximate surface area is 91.2 Å². The van der Waals surface area contributed by atoms with Crippen LogP contribution in [0.25, 0.3) is 34.4 Å². The van der Waals surface area contributed by atoms with Gasteiger partial charge in [-0.05, 0) is 0 Å². The molecule has 0 fully saturated rings. The summed E-state index contributed by atoms with van der Waals surface area (Å²) in [6.07, 6.45) is 0. The first-order valence-corrected chi connectivity index (χ1v) is 3.62. The molecule has 0 atom stereocenters. The number of nitrogens with one attached hydrogen (secondary N) is 6. The van der Waals surface area contributed by atoms with Crippen LogP contribution in [0.2, 0.25) is 0 Å². The van der Waals surface area contributed by atoms with Crippen LogP contribution in [0.5, 0.6) is 0 Å². The quantitative estimate of drug-likeness (QED) is 0.655. The van der Waals surface area contributed by atoms with Crippen LogP contribution in [0, 0.1) is 0 Å². The fraction of sp³-hybridized carbons (Fsp3) is 1.00. The molecule has 7 heteroatoms. The van der Waals surface area contributed by atoms with E-state index < -0.39 is 0 Å². The van der Waals surface area contributed by atoms with E-state index in [2.05, 4.69) is 0 Å². The zero-order valence-electron chi connectivity index (χ0n) is 7.60. The summed E-state index contributed by atoms with van der Waals surface area (Å²) >= 11 is 0. The molecule has 0 bridgehead atoms. The van der Waals surface area contributed by atoms with Gasteiger partial charge in [-0.15, -0.1) is 0 Å². The van der Waals surface area contributed by atoms with E-state index in [1.807, 2.05) is 0 Å². The summed E-state index contributed by atoms with van der Waals surface area (Å²) in [4.78, 5) is 0. The summed E-state index contributed by atoms with van der Waals surface area (Å²) in [7, 11) is 0. The van der Waals surface area contributed by atoms with Gasteiger partial charge in [-0.1, -0.05) is 0 Å². The van der Waals surface area contributed by atoms with Gasteiger partial charge in [0.1, 0.15) is 0 Å².